The first kappa shape index (κ1) is 19.6. The van der Waals surface area contributed by atoms with Crippen molar-refractivity contribution in [3.63, 3.8) is 0 Å². The van der Waals surface area contributed by atoms with E-state index in [1.807, 2.05) is 12.1 Å². The smallest absolute Gasteiger partial charge is 0.0499 e. The Morgan fingerprint density at radius 2 is 0.967 bits per heavy atom. The molecule has 0 spiro atoms. The van der Waals surface area contributed by atoms with Crippen LogP contribution in [0.1, 0.15) is 22.3 Å². The highest BCUT2D eigenvalue weighted by molar-refractivity contribution is 9.11. The Labute approximate surface area is 199 Å². The van der Waals surface area contributed by atoms with Crippen molar-refractivity contribution in [3.8, 4) is 23.7 Å². The molecule has 0 aliphatic rings. The molecule has 5 rings (SSSR count). The zero-order valence-electron chi connectivity index (χ0n) is 15.5. The Kier molecular flexibility index (Phi) is 5.50. The van der Waals surface area contributed by atoms with Crippen molar-refractivity contribution in [2.45, 2.75) is 0 Å². The van der Waals surface area contributed by atoms with Gasteiger partial charge in [-0.1, -0.05) is 47.9 Å². The third-order valence-electron chi connectivity index (χ3n) is 4.68. The Morgan fingerprint density at radius 1 is 0.533 bits per heavy atom. The van der Waals surface area contributed by atoms with Gasteiger partial charge in [0.25, 0.3) is 0 Å². The first-order valence-electron chi connectivity index (χ1n) is 9.14. The van der Waals surface area contributed by atoms with Crippen LogP contribution in [-0.4, -0.2) is 0 Å². The maximum atomic E-state index is 3.67. The lowest BCUT2D eigenvalue weighted by Gasteiger charge is -2.02. The van der Waals surface area contributed by atoms with Crippen LogP contribution in [0.2, 0.25) is 0 Å². The maximum Gasteiger partial charge on any atom is 0.0499 e. The monoisotopic (exact) mass is 546 g/mol. The van der Waals surface area contributed by atoms with Crippen molar-refractivity contribution in [2.75, 3.05) is 0 Å². The summed E-state index contributed by atoms with van der Waals surface area (Å²) in [6.45, 7) is 0. The zero-order valence-corrected chi connectivity index (χ0v) is 20.3. The van der Waals surface area contributed by atoms with Crippen molar-refractivity contribution in [2.24, 2.45) is 0 Å². The summed E-state index contributed by atoms with van der Waals surface area (Å²) in [4.78, 5) is 0. The average molecular weight is 548 g/mol. The normalized spacial score (nSPS) is 10.5. The van der Waals surface area contributed by atoms with Gasteiger partial charge in [0.05, 0.1) is 0 Å². The van der Waals surface area contributed by atoms with Crippen LogP contribution in [0.4, 0.5) is 0 Å². The van der Waals surface area contributed by atoms with Gasteiger partial charge in [-0.05, 0) is 89.8 Å². The molecule has 0 aliphatic heterocycles. The molecule has 5 aromatic rings. The van der Waals surface area contributed by atoms with Crippen LogP contribution in [0.25, 0.3) is 20.2 Å². The third-order valence-corrected chi connectivity index (χ3v) is 7.92. The molecule has 0 fully saturated rings. The highest BCUT2D eigenvalue weighted by Gasteiger charge is 2.05. The first-order chi connectivity index (χ1) is 14.7. The van der Waals surface area contributed by atoms with Gasteiger partial charge in [-0.3, -0.25) is 0 Å². The lowest BCUT2D eigenvalue weighted by atomic mass is 10.1. The Morgan fingerprint density at radius 3 is 1.43 bits per heavy atom. The van der Waals surface area contributed by atoms with E-state index < -0.39 is 0 Å². The highest BCUT2D eigenvalue weighted by Crippen LogP contribution is 2.28. The number of rotatable bonds is 0. The fourth-order valence-electron chi connectivity index (χ4n) is 3.19. The molecule has 0 unspecified atom stereocenters. The number of hydrogen-bond acceptors (Lipinski definition) is 2. The van der Waals surface area contributed by atoms with Gasteiger partial charge >= 0.3 is 0 Å². The quantitative estimate of drug-likeness (QED) is 0.171. The van der Waals surface area contributed by atoms with Crippen molar-refractivity contribution in [1.29, 1.82) is 0 Å². The molecule has 4 heteroatoms. The van der Waals surface area contributed by atoms with Crippen LogP contribution < -0.4 is 0 Å². The molecule has 3 aromatic carbocycles. The summed E-state index contributed by atoms with van der Waals surface area (Å²) in [6.07, 6.45) is 0. The standard InChI is InChI=1S/C26H12Br2S2/c27-23-16-22(10-8-18-4-2-6-20-12-14-30-26(18)20)24(28)15-21(23)9-7-17-3-1-5-19-11-13-29-25(17)19/h1-6,11-16H. The molecule has 0 bridgehead atoms. The number of halogens is 2. The molecule has 0 N–H and O–H groups in total. The molecule has 0 amide bonds. The molecular weight excluding hydrogens is 536 g/mol. The highest BCUT2D eigenvalue weighted by atomic mass is 79.9. The summed E-state index contributed by atoms with van der Waals surface area (Å²) in [5, 5.41) is 6.68. The summed E-state index contributed by atoms with van der Waals surface area (Å²) in [5.74, 6) is 13.3. The van der Waals surface area contributed by atoms with E-state index in [0.717, 1.165) is 31.2 Å². The van der Waals surface area contributed by atoms with Gasteiger partial charge in [0.1, 0.15) is 0 Å². The molecule has 0 atom stereocenters. The van der Waals surface area contributed by atoms with E-state index in [2.05, 4.69) is 115 Å². The Balaban J connectivity index is 1.50. The van der Waals surface area contributed by atoms with Gasteiger partial charge < -0.3 is 0 Å². The predicted molar refractivity (Wildman–Crippen MR) is 137 cm³/mol. The molecule has 0 saturated heterocycles. The van der Waals surface area contributed by atoms with Crippen molar-refractivity contribution in [1.82, 2.24) is 0 Å². The summed E-state index contributed by atoms with van der Waals surface area (Å²) >= 11 is 10.8. The van der Waals surface area contributed by atoms with Gasteiger partial charge in [-0.25, -0.2) is 0 Å². The lowest BCUT2D eigenvalue weighted by molar-refractivity contribution is 1.51. The largest absolute Gasteiger partial charge is 0.143 e. The Bertz CT molecular complexity index is 1410. The maximum absolute atomic E-state index is 3.67. The van der Waals surface area contributed by atoms with Gasteiger partial charge in [-0.2, -0.15) is 0 Å². The molecule has 2 aromatic heterocycles. The number of benzene rings is 3. The van der Waals surface area contributed by atoms with Crippen molar-refractivity contribution in [3.05, 3.63) is 103 Å². The number of hydrogen-bond donors (Lipinski definition) is 0. The molecule has 0 aliphatic carbocycles. The minimum atomic E-state index is 0.932. The van der Waals surface area contributed by atoms with E-state index in [4.69, 9.17) is 0 Å². The SMILES string of the molecule is Brc1cc(C#Cc2cccc3ccsc23)c(Br)cc1C#Cc1cccc2ccsc12. The van der Waals surface area contributed by atoms with E-state index in [0.29, 0.717) is 0 Å². The third kappa shape index (κ3) is 3.85. The number of thiophene rings is 2. The molecule has 0 radical (unpaired) electrons. The summed E-state index contributed by atoms with van der Waals surface area (Å²) < 4.78 is 4.33. The second-order valence-electron chi connectivity index (χ2n) is 6.60. The molecule has 0 saturated carbocycles. The topological polar surface area (TPSA) is 0 Å². The van der Waals surface area contributed by atoms with E-state index in [9.17, 15) is 0 Å². The molecule has 142 valence electrons. The minimum Gasteiger partial charge on any atom is -0.143 e. The molecule has 0 nitrogen and oxygen atoms in total. The van der Waals surface area contributed by atoms with Gasteiger partial charge in [0.15, 0.2) is 0 Å². The van der Waals surface area contributed by atoms with Crippen molar-refractivity contribution >= 4 is 74.7 Å². The van der Waals surface area contributed by atoms with Gasteiger partial charge in [0, 0.05) is 40.6 Å². The predicted octanol–water partition coefficient (Wildman–Crippen LogP) is 8.44. The summed E-state index contributed by atoms with van der Waals surface area (Å²) in [6, 6.07) is 20.8. The first-order valence-corrected chi connectivity index (χ1v) is 12.5. The Hall–Kier alpha value is -2.34. The van der Waals surface area contributed by atoms with Crippen LogP contribution in [-0.2, 0) is 0 Å². The van der Waals surface area contributed by atoms with Crippen LogP contribution in [0.15, 0.2) is 80.4 Å². The zero-order chi connectivity index (χ0) is 20.5. The minimum absolute atomic E-state index is 0.932. The summed E-state index contributed by atoms with van der Waals surface area (Å²) in [7, 11) is 0. The fourth-order valence-corrected chi connectivity index (χ4v) is 5.81. The van der Waals surface area contributed by atoms with Crippen LogP contribution in [0.3, 0.4) is 0 Å². The van der Waals surface area contributed by atoms with E-state index in [1.165, 1.54) is 20.2 Å². The van der Waals surface area contributed by atoms with E-state index in [-0.39, 0.29) is 0 Å². The van der Waals surface area contributed by atoms with E-state index >= 15 is 0 Å². The lowest BCUT2D eigenvalue weighted by Crippen LogP contribution is -1.85. The van der Waals surface area contributed by atoms with Crippen molar-refractivity contribution < 1.29 is 0 Å². The molecule has 2 heterocycles. The average Bonchev–Trinajstić information content (AvgIpc) is 3.42. The second-order valence-corrected chi connectivity index (χ2v) is 10.1. The summed E-state index contributed by atoms with van der Waals surface area (Å²) in [5.41, 5.74) is 3.97. The molecule has 30 heavy (non-hydrogen) atoms. The second kappa shape index (κ2) is 8.42. The van der Waals surface area contributed by atoms with E-state index in [1.54, 1.807) is 22.7 Å². The van der Waals surface area contributed by atoms with Crippen LogP contribution in [0, 0.1) is 23.7 Å². The van der Waals surface area contributed by atoms with Crippen LogP contribution in [0.5, 0.6) is 0 Å². The molecular formula is C26H12Br2S2. The van der Waals surface area contributed by atoms with Gasteiger partial charge in [0.2, 0.25) is 0 Å². The van der Waals surface area contributed by atoms with Gasteiger partial charge in [-0.15, -0.1) is 22.7 Å². The van der Waals surface area contributed by atoms with Crippen LogP contribution >= 0.6 is 54.5 Å². The fraction of sp³-hybridized carbons (Fsp3) is 0. The number of fused-ring (bicyclic) bond motifs is 2.